The van der Waals surface area contributed by atoms with Crippen molar-refractivity contribution in [3.05, 3.63) is 192 Å². The first kappa shape index (κ1) is 27.5. The normalized spacial score (nSPS) is 11.8. The summed E-state index contributed by atoms with van der Waals surface area (Å²) in [6.45, 7) is 0. The van der Waals surface area contributed by atoms with E-state index in [4.69, 9.17) is 14.7 Å². The molecule has 0 aliphatic rings. The zero-order valence-electron chi connectivity index (χ0n) is 23.1. The number of halogens is 2. The van der Waals surface area contributed by atoms with E-state index in [0.29, 0.717) is 11.5 Å². The van der Waals surface area contributed by atoms with Gasteiger partial charge in [0.1, 0.15) is 23.1 Å². The molecular weight excluding hydrogens is 538 g/mol. The molecule has 5 heteroatoms. The number of hydrogen-bond acceptors (Lipinski definition) is 3. The summed E-state index contributed by atoms with van der Waals surface area (Å²) < 4.78 is 33.2. The van der Waals surface area contributed by atoms with Crippen LogP contribution in [0.25, 0.3) is 0 Å². The van der Waals surface area contributed by atoms with E-state index >= 15 is 0 Å². The Morgan fingerprint density at radius 2 is 0.698 bits per heavy atom. The van der Waals surface area contributed by atoms with Crippen molar-refractivity contribution >= 4 is 22.8 Å². The molecule has 0 amide bonds. The van der Waals surface area contributed by atoms with Crippen LogP contribution in [0.15, 0.2) is 168 Å². The molecular formula is C38H26F2N2O. The van der Waals surface area contributed by atoms with Crippen molar-refractivity contribution < 1.29 is 13.5 Å². The number of rotatable bonds is 8. The van der Waals surface area contributed by atoms with Crippen LogP contribution in [0.1, 0.15) is 22.3 Å². The minimum Gasteiger partial charge on any atom is -0.457 e. The molecule has 0 aliphatic carbocycles. The van der Waals surface area contributed by atoms with Gasteiger partial charge in [0.05, 0.1) is 22.8 Å². The third kappa shape index (κ3) is 6.97. The van der Waals surface area contributed by atoms with Crippen LogP contribution in [-0.4, -0.2) is 11.4 Å². The SMILES string of the molecule is Fc1ccc(C(=Nc2ccc(Oc3ccc(N=C(c4ccccc4)c4ccc(F)cc4)cc3)cc2)c2ccccc2)cc1. The van der Waals surface area contributed by atoms with Crippen molar-refractivity contribution in [1.82, 2.24) is 0 Å². The molecule has 0 unspecified atom stereocenters. The monoisotopic (exact) mass is 564 g/mol. The van der Waals surface area contributed by atoms with Gasteiger partial charge in [-0.15, -0.1) is 0 Å². The molecule has 0 aromatic heterocycles. The van der Waals surface area contributed by atoms with Gasteiger partial charge in [-0.2, -0.15) is 0 Å². The van der Waals surface area contributed by atoms with E-state index in [2.05, 4.69) is 0 Å². The van der Waals surface area contributed by atoms with E-state index in [1.165, 1.54) is 24.3 Å². The number of nitrogens with zero attached hydrogens (tertiary/aromatic N) is 2. The number of aliphatic imine (C=N–C) groups is 2. The third-order valence-electron chi connectivity index (χ3n) is 6.72. The minimum absolute atomic E-state index is 0.290. The maximum absolute atomic E-state index is 13.6. The third-order valence-corrected chi connectivity index (χ3v) is 6.72. The molecule has 0 saturated heterocycles. The van der Waals surface area contributed by atoms with Crippen molar-refractivity contribution in [1.29, 1.82) is 0 Å². The molecule has 6 aromatic carbocycles. The lowest BCUT2D eigenvalue weighted by atomic mass is 10.0. The van der Waals surface area contributed by atoms with Gasteiger partial charge in [-0.3, -0.25) is 0 Å². The summed E-state index contributed by atoms with van der Waals surface area (Å²) in [6.07, 6.45) is 0. The number of benzene rings is 6. The zero-order valence-corrected chi connectivity index (χ0v) is 23.1. The van der Waals surface area contributed by atoms with Gasteiger partial charge < -0.3 is 4.74 Å². The topological polar surface area (TPSA) is 34.0 Å². The van der Waals surface area contributed by atoms with Gasteiger partial charge in [0.25, 0.3) is 0 Å². The smallest absolute Gasteiger partial charge is 0.127 e. The molecule has 208 valence electrons. The van der Waals surface area contributed by atoms with Crippen molar-refractivity contribution in [3.8, 4) is 11.5 Å². The Labute approximate surface area is 249 Å². The van der Waals surface area contributed by atoms with E-state index in [-0.39, 0.29) is 11.6 Å². The largest absolute Gasteiger partial charge is 0.457 e. The molecule has 0 spiro atoms. The maximum Gasteiger partial charge on any atom is 0.127 e. The van der Waals surface area contributed by atoms with Crippen molar-refractivity contribution in [2.75, 3.05) is 0 Å². The quantitative estimate of drug-likeness (QED) is 0.169. The first-order valence-corrected chi connectivity index (χ1v) is 13.8. The highest BCUT2D eigenvalue weighted by atomic mass is 19.1. The highest BCUT2D eigenvalue weighted by molar-refractivity contribution is 6.14. The van der Waals surface area contributed by atoms with Gasteiger partial charge in [0, 0.05) is 22.3 Å². The van der Waals surface area contributed by atoms with E-state index in [1.807, 2.05) is 109 Å². The standard InChI is InChI=1S/C38H26F2N2O/c39-31-15-11-29(12-16-31)37(27-7-3-1-4-8-27)41-33-19-23-35(24-20-33)43-36-25-21-34(22-26-36)42-38(28-9-5-2-6-10-28)30-13-17-32(40)18-14-30/h1-26H. The molecule has 0 heterocycles. The average Bonchev–Trinajstić information content (AvgIpc) is 3.06. The molecule has 0 bridgehead atoms. The number of hydrogen-bond donors (Lipinski definition) is 0. The fourth-order valence-corrected chi connectivity index (χ4v) is 4.57. The summed E-state index contributed by atoms with van der Waals surface area (Å²) in [5.41, 5.74) is 6.51. The summed E-state index contributed by atoms with van der Waals surface area (Å²) in [4.78, 5) is 9.75. The predicted octanol–water partition coefficient (Wildman–Crippen LogP) is 10.1. The second-order valence-electron chi connectivity index (χ2n) is 9.76. The van der Waals surface area contributed by atoms with Gasteiger partial charge in [0.2, 0.25) is 0 Å². The summed E-state index contributed by atoms with van der Waals surface area (Å²) in [6, 6.07) is 47.3. The Balaban J connectivity index is 1.21. The van der Waals surface area contributed by atoms with Crippen LogP contribution in [0.5, 0.6) is 11.5 Å². The molecule has 0 aliphatic heterocycles. The molecule has 3 nitrogen and oxygen atoms in total. The van der Waals surface area contributed by atoms with E-state index in [9.17, 15) is 8.78 Å². The Kier molecular flexibility index (Phi) is 8.23. The molecule has 6 aromatic rings. The van der Waals surface area contributed by atoms with Crippen LogP contribution in [-0.2, 0) is 0 Å². The lowest BCUT2D eigenvalue weighted by molar-refractivity contribution is 0.483. The predicted molar refractivity (Wildman–Crippen MR) is 169 cm³/mol. The van der Waals surface area contributed by atoms with Gasteiger partial charge in [-0.1, -0.05) is 60.7 Å². The van der Waals surface area contributed by atoms with E-state index < -0.39 is 0 Å². The van der Waals surface area contributed by atoms with Crippen molar-refractivity contribution in [3.63, 3.8) is 0 Å². The minimum atomic E-state index is -0.290. The van der Waals surface area contributed by atoms with Crippen LogP contribution in [0.3, 0.4) is 0 Å². The summed E-state index contributed by atoms with van der Waals surface area (Å²) in [7, 11) is 0. The Morgan fingerprint density at radius 1 is 0.372 bits per heavy atom. The molecule has 0 N–H and O–H groups in total. The van der Waals surface area contributed by atoms with Crippen LogP contribution in [0.2, 0.25) is 0 Å². The molecule has 43 heavy (non-hydrogen) atoms. The van der Waals surface area contributed by atoms with Crippen LogP contribution in [0.4, 0.5) is 20.2 Å². The lowest BCUT2D eigenvalue weighted by Crippen LogP contribution is -2.03. The van der Waals surface area contributed by atoms with Gasteiger partial charge in [-0.05, 0) is 97.1 Å². The zero-order chi connectivity index (χ0) is 29.4. The summed E-state index contributed by atoms with van der Waals surface area (Å²) in [5, 5.41) is 0. The summed E-state index contributed by atoms with van der Waals surface area (Å²) >= 11 is 0. The maximum atomic E-state index is 13.6. The molecule has 0 atom stereocenters. The highest BCUT2D eigenvalue weighted by Crippen LogP contribution is 2.28. The molecule has 0 fully saturated rings. The van der Waals surface area contributed by atoms with Gasteiger partial charge in [-0.25, -0.2) is 18.8 Å². The fourth-order valence-electron chi connectivity index (χ4n) is 4.57. The second-order valence-corrected chi connectivity index (χ2v) is 9.76. The lowest BCUT2D eigenvalue weighted by Gasteiger charge is -2.10. The van der Waals surface area contributed by atoms with Crippen molar-refractivity contribution in [2.24, 2.45) is 9.98 Å². The first-order chi connectivity index (χ1) is 21.1. The Bertz CT molecular complexity index is 1710. The second kappa shape index (κ2) is 12.9. The fraction of sp³-hybridized carbons (Fsp3) is 0. The van der Waals surface area contributed by atoms with E-state index in [1.54, 1.807) is 24.3 Å². The molecule has 0 saturated carbocycles. The highest BCUT2D eigenvalue weighted by Gasteiger charge is 2.10. The molecule has 6 rings (SSSR count). The van der Waals surface area contributed by atoms with E-state index in [0.717, 1.165) is 45.1 Å². The van der Waals surface area contributed by atoms with Crippen LogP contribution >= 0.6 is 0 Å². The van der Waals surface area contributed by atoms with Crippen LogP contribution < -0.4 is 4.74 Å². The average molecular weight is 565 g/mol. The summed E-state index contributed by atoms with van der Waals surface area (Å²) in [5.74, 6) is 0.744. The van der Waals surface area contributed by atoms with Crippen LogP contribution in [0, 0.1) is 11.6 Å². The first-order valence-electron chi connectivity index (χ1n) is 13.8. The van der Waals surface area contributed by atoms with Crippen molar-refractivity contribution in [2.45, 2.75) is 0 Å². The number of ether oxygens (including phenoxy) is 1. The van der Waals surface area contributed by atoms with Gasteiger partial charge >= 0.3 is 0 Å². The molecule has 0 radical (unpaired) electrons. The Hall–Kier alpha value is -5.68. The van der Waals surface area contributed by atoms with Gasteiger partial charge in [0.15, 0.2) is 0 Å². The Morgan fingerprint density at radius 3 is 1.05 bits per heavy atom.